The first kappa shape index (κ1) is 31.1. The number of piperidine rings is 1. The number of halogens is 2. The molecular formula is C30H33Cl2N7O5. The Balaban J connectivity index is 1.42. The van der Waals surface area contributed by atoms with Crippen molar-refractivity contribution in [3.8, 4) is 39.6 Å². The summed E-state index contributed by atoms with van der Waals surface area (Å²) in [5.41, 5.74) is 7.82. The molecule has 2 N–H and O–H groups in total. The van der Waals surface area contributed by atoms with Crippen LogP contribution >= 0.6 is 23.2 Å². The van der Waals surface area contributed by atoms with Gasteiger partial charge in [0.25, 0.3) is 5.56 Å². The van der Waals surface area contributed by atoms with E-state index in [1.807, 2.05) is 37.7 Å². The quantitative estimate of drug-likeness (QED) is 0.283. The Bertz CT molecular complexity index is 1730. The van der Waals surface area contributed by atoms with Gasteiger partial charge in [-0.2, -0.15) is 14.9 Å². The molecule has 0 spiro atoms. The van der Waals surface area contributed by atoms with Gasteiger partial charge in [0, 0.05) is 54.3 Å². The topological polar surface area (TPSA) is 140 Å². The minimum Gasteiger partial charge on any atom is -0.495 e. The van der Waals surface area contributed by atoms with Crippen LogP contribution in [0, 0.1) is 0 Å². The van der Waals surface area contributed by atoms with Gasteiger partial charge in [-0.15, -0.1) is 0 Å². The molecule has 1 saturated heterocycles. The Morgan fingerprint density at radius 3 is 2.27 bits per heavy atom. The minimum atomic E-state index is -0.535. The largest absolute Gasteiger partial charge is 0.495 e. The normalized spacial score (nSPS) is 14.0. The Kier molecular flexibility index (Phi) is 8.76. The van der Waals surface area contributed by atoms with Crippen molar-refractivity contribution < 1.29 is 19.0 Å². The molecule has 1 amide bonds. The average Bonchev–Trinajstić information content (AvgIpc) is 3.48. The third-order valence-corrected chi connectivity index (χ3v) is 7.91. The monoisotopic (exact) mass is 641 g/mol. The number of ether oxygens (including phenoxy) is 3. The fraction of sp³-hybridized carbons (Fsp3) is 0.367. The molecule has 0 radical (unpaired) electrons. The van der Waals surface area contributed by atoms with Crippen LogP contribution < -0.4 is 20.8 Å². The first-order valence-corrected chi connectivity index (χ1v) is 14.6. The SMILES string of the molecule is COc1cc(OC)c(Cl)c(-n2nc(-c3cc(-c4cnn(C5CCN(C(=O)OC(C)(C)C)CC5)c4)cnc3N)ccc2=O)c1Cl. The summed E-state index contributed by atoms with van der Waals surface area (Å²) in [6.07, 6.45) is 6.55. The number of nitrogen functional groups attached to an aromatic ring is 1. The second-order valence-corrected chi connectivity index (χ2v) is 12.0. The first-order chi connectivity index (χ1) is 20.9. The Morgan fingerprint density at radius 1 is 1.00 bits per heavy atom. The number of hydrogen-bond donors (Lipinski definition) is 1. The van der Waals surface area contributed by atoms with Crippen LogP contribution in [0.2, 0.25) is 10.0 Å². The highest BCUT2D eigenvalue weighted by atomic mass is 35.5. The molecule has 0 saturated carbocycles. The van der Waals surface area contributed by atoms with Crippen LogP contribution in [-0.2, 0) is 4.74 Å². The summed E-state index contributed by atoms with van der Waals surface area (Å²) in [5.74, 6) is 0.740. The zero-order chi connectivity index (χ0) is 31.8. The number of nitrogens with two attached hydrogens (primary N) is 1. The van der Waals surface area contributed by atoms with E-state index < -0.39 is 11.2 Å². The number of likely N-dealkylation sites (tertiary alicyclic amines) is 1. The molecule has 5 rings (SSSR count). The van der Waals surface area contributed by atoms with Crippen molar-refractivity contribution in [2.24, 2.45) is 0 Å². The molecule has 0 bridgehead atoms. The fourth-order valence-corrected chi connectivity index (χ4v) is 5.60. The smallest absolute Gasteiger partial charge is 0.410 e. The molecule has 1 aliphatic heterocycles. The second-order valence-electron chi connectivity index (χ2n) is 11.3. The second kappa shape index (κ2) is 12.4. The minimum absolute atomic E-state index is 0.0919. The van der Waals surface area contributed by atoms with E-state index in [1.54, 1.807) is 23.4 Å². The zero-order valence-corrected chi connectivity index (χ0v) is 26.5. The van der Waals surface area contributed by atoms with Crippen molar-refractivity contribution in [3.63, 3.8) is 0 Å². The third kappa shape index (κ3) is 6.31. The maximum atomic E-state index is 13.0. The molecule has 14 heteroatoms. The molecule has 1 aromatic carbocycles. The van der Waals surface area contributed by atoms with Gasteiger partial charge in [0.05, 0.1) is 32.2 Å². The maximum Gasteiger partial charge on any atom is 0.410 e. The van der Waals surface area contributed by atoms with E-state index in [0.29, 0.717) is 24.3 Å². The van der Waals surface area contributed by atoms with Gasteiger partial charge in [0.15, 0.2) is 0 Å². The van der Waals surface area contributed by atoms with Crippen molar-refractivity contribution in [3.05, 3.63) is 63.3 Å². The van der Waals surface area contributed by atoms with E-state index in [1.165, 1.54) is 26.4 Å². The highest BCUT2D eigenvalue weighted by molar-refractivity contribution is 6.39. The van der Waals surface area contributed by atoms with Gasteiger partial charge in [-0.3, -0.25) is 9.48 Å². The van der Waals surface area contributed by atoms with E-state index in [-0.39, 0.29) is 45.2 Å². The highest BCUT2D eigenvalue weighted by Gasteiger charge is 2.28. The van der Waals surface area contributed by atoms with E-state index in [0.717, 1.165) is 28.7 Å². The summed E-state index contributed by atoms with van der Waals surface area (Å²) >= 11 is 13.1. The van der Waals surface area contributed by atoms with Crippen LogP contribution in [0.4, 0.5) is 10.6 Å². The molecule has 12 nitrogen and oxygen atoms in total. The fourth-order valence-electron chi connectivity index (χ4n) is 4.94. The zero-order valence-electron chi connectivity index (χ0n) is 25.0. The molecule has 232 valence electrons. The van der Waals surface area contributed by atoms with Crippen LogP contribution in [-0.4, -0.2) is 68.4 Å². The lowest BCUT2D eigenvalue weighted by Gasteiger charge is -2.33. The molecule has 4 heterocycles. The molecule has 44 heavy (non-hydrogen) atoms. The Morgan fingerprint density at radius 2 is 1.66 bits per heavy atom. The molecular weight excluding hydrogens is 609 g/mol. The average molecular weight is 643 g/mol. The first-order valence-electron chi connectivity index (χ1n) is 13.9. The molecule has 0 atom stereocenters. The lowest BCUT2D eigenvalue weighted by atomic mass is 10.0. The van der Waals surface area contributed by atoms with E-state index in [4.69, 9.17) is 43.1 Å². The van der Waals surface area contributed by atoms with Crippen LogP contribution in [0.3, 0.4) is 0 Å². The van der Waals surface area contributed by atoms with Crippen molar-refractivity contribution in [1.29, 1.82) is 0 Å². The van der Waals surface area contributed by atoms with Crippen LogP contribution in [0.25, 0.3) is 28.1 Å². The molecule has 3 aromatic heterocycles. The number of anilines is 1. The van der Waals surface area contributed by atoms with Crippen LogP contribution in [0.1, 0.15) is 39.7 Å². The number of rotatable bonds is 6. The van der Waals surface area contributed by atoms with Crippen molar-refractivity contribution in [2.75, 3.05) is 33.0 Å². The predicted octanol–water partition coefficient (Wildman–Crippen LogP) is 5.64. The third-order valence-electron chi connectivity index (χ3n) is 7.18. The van der Waals surface area contributed by atoms with Gasteiger partial charge < -0.3 is 24.8 Å². The van der Waals surface area contributed by atoms with Crippen molar-refractivity contribution in [1.82, 2.24) is 29.4 Å². The van der Waals surface area contributed by atoms with E-state index >= 15 is 0 Å². The summed E-state index contributed by atoms with van der Waals surface area (Å²) in [6.45, 7) is 6.73. The summed E-state index contributed by atoms with van der Waals surface area (Å²) in [5, 5.41) is 9.32. The molecule has 1 fully saturated rings. The number of carbonyl (C=O) groups excluding carboxylic acids is 1. The molecule has 4 aromatic rings. The maximum absolute atomic E-state index is 13.0. The molecule has 0 aliphatic carbocycles. The van der Waals surface area contributed by atoms with E-state index in [9.17, 15) is 9.59 Å². The number of aromatic nitrogens is 5. The summed E-state index contributed by atoms with van der Waals surface area (Å²) < 4.78 is 19.2. The van der Waals surface area contributed by atoms with Gasteiger partial charge in [-0.05, 0) is 45.7 Å². The number of pyridine rings is 1. The number of carbonyl (C=O) groups is 1. The Labute approximate surface area is 264 Å². The molecule has 0 unspecified atom stereocenters. The van der Waals surface area contributed by atoms with E-state index in [2.05, 4.69) is 15.2 Å². The predicted molar refractivity (Wildman–Crippen MR) is 168 cm³/mol. The molecule has 1 aliphatic rings. The number of amides is 1. The number of nitrogens with zero attached hydrogens (tertiary/aromatic N) is 6. The van der Waals surface area contributed by atoms with Crippen molar-refractivity contribution >= 4 is 35.1 Å². The lowest BCUT2D eigenvalue weighted by molar-refractivity contribution is 0.0185. The van der Waals surface area contributed by atoms with Gasteiger partial charge in [0.2, 0.25) is 0 Å². The number of hydrogen-bond acceptors (Lipinski definition) is 9. The van der Waals surface area contributed by atoms with Crippen molar-refractivity contribution in [2.45, 2.75) is 45.3 Å². The van der Waals surface area contributed by atoms with Gasteiger partial charge >= 0.3 is 6.09 Å². The summed E-state index contributed by atoms with van der Waals surface area (Å²) in [4.78, 5) is 31.5. The highest BCUT2D eigenvalue weighted by Crippen LogP contribution is 2.42. The van der Waals surface area contributed by atoms with Gasteiger partial charge in [-0.25, -0.2) is 9.78 Å². The van der Waals surface area contributed by atoms with Gasteiger partial charge in [-0.1, -0.05) is 23.2 Å². The summed E-state index contributed by atoms with van der Waals surface area (Å²) in [6, 6.07) is 6.38. The van der Waals surface area contributed by atoms with Gasteiger partial charge in [0.1, 0.15) is 38.7 Å². The lowest BCUT2D eigenvalue weighted by Crippen LogP contribution is -2.42. The number of methoxy groups -OCH3 is 2. The Hall–Kier alpha value is -4.29. The van der Waals surface area contributed by atoms with Crippen LogP contribution in [0.15, 0.2) is 47.7 Å². The number of benzene rings is 1. The summed E-state index contributed by atoms with van der Waals surface area (Å²) in [7, 11) is 2.88. The van der Waals surface area contributed by atoms with Crippen LogP contribution in [0.5, 0.6) is 11.5 Å². The standard InChI is InChI=1S/C30H33Cl2N7O5/c1-30(2,3)44-29(41)37-10-8-19(9-11-37)38-16-18(15-35-38)17-12-20(28(33)34-14-17)21-6-7-24(40)39(36-21)27-25(31)22(42-4)13-23(43-5)26(27)32/h6-7,12-16,19H,8-11H2,1-5H3,(H2,33,34).